The van der Waals surface area contributed by atoms with E-state index in [2.05, 4.69) is 11.3 Å². The predicted octanol–water partition coefficient (Wildman–Crippen LogP) is 1.72. The number of carbonyl (C=O) groups excluding carboxylic acids is 2. The molecule has 0 aromatic rings. The van der Waals surface area contributed by atoms with Crippen LogP contribution in [-0.2, 0) is 14.3 Å². The molecule has 0 aliphatic heterocycles. The molecule has 0 aromatic carbocycles. The highest BCUT2D eigenvalue weighted by Crippen LogP contribution is 2.09. The van der Waals surface area contributed by atoms with E-state index in [-0.39, 0.29) is 12.5 Å². The summed E-state index contributed by atoms with van der Waals surface area (Å²) in [5.41, 5.74) is 0. The third-order valence-electron chi connectivity index (χ3n) is 1.70. The van der Waals surface area contributed by atoms with Crippen molar-refractivity contribution in [1.29, 1.82) is 0 Å². The van der Waals surface area contributed by atoms with Gasteiger partial charge in [0.2, 0.25) is 5.78 Å². The number of hydrogen-bond donors (Lipinski definition) is 0. The van der Waals surface area contributed by atoms with E-state index in [1.54, 1.807) is 6.92 Å². The summed E-state index contributed by atoms with van der Waals surface area (Å²) in [6.45, 7) is 7.38. The molecule has 0 amide bonds. The van der Waals surface area contributed by atoms with Gasteiger partial charge in [-0.2, -0.15) is 0 Å². The minimum absolute atomic E-state index is 0.237. The second kappa shape index (κ2) is 6.40. The van der Waals surface area contributed by atoms with Crippen molar-refractivity contribution in [3.05, 3.63) is 12.7 Å². The zero-order chi connectivity index (χ0) is 10.3. The molecule has 0 aliphatic carbocycles. The highest BCUT2D eigenvalue weighted by Gasteiger charge is 2.22. The van der Waals surface area contributed by atoms with Crippen molar-refractivity contribution in [2.24, 2.45) is 5.92 Å². The smallest absolute Gasteiger partial charge is 0.375 e. The van der Waals surface area contributed by atoms with Gasteiger partial charge < -0.3 is 4.74 Å². The van der Waals surface area contributed by atoms with Crippen LogP contribution in [0.1, 0.15) is 26.7 Å². The molecule has 74 valence electrons. The Hall–Kier alpha value is -1.12. The number of esters is 1. The Balaban J connectivity index is 4.19. The van der Waals surface area contributed by atoms with Gasteiger partial charge in [-0.3, -0.25) is 4.79 Å². The lowest BCUT2D eigenvalue weighted by atomic mass is 9.99. The maximum atomic E-state index is 11.3. The Morgan fingerprint density at radius 2 is 2.08 bits per heavy atom. The van der Waals surface area contributed by atoms with Crippen LogP contribution in [0.2, 0.25) is 0 Å². The molecule has 3 heteroatoms. The van der Waals surface area contributed by atoms with E-state index in [1.807, 2.05) is 6.92 Å². The van der Waals surface area contributed by atoms with Crippen molar-refractivity contribution >= 4 is 11.8 Å². The molecule has 0 bridgehead atoms. The average Bonchev–Trinajstić information content (AvgIpc) is 2.13. The molecular formula is C10H16O3. The topological polar surface area (TPSA) is 43.4 Å². The quantitative estimate of drug-likeness (QED) is 0.358. The lowest BCUT2D eigenvalue weighted by Gasteiger charge is -2.08. The Kier molecular flexibility index (Phi) is 5.85. The molecule has 0 radical (unpaired) electrons. The molecule has 1 atom stereocenters. The van der Waals surface area contributed by atoms with Gasteiger partial charge in [-0.25, -0.2) is 4.79 Å². The van der Waals surface area contributed by atoms with Crippen molar-refractivity contribution < 1.29 is 14.3 Å². The van der Waals surface area contributed by atoms with Crippen LogP contribution in [0.25, 0.3) is 0 Å². The summed E-state index contributed by atoms with van der Waals surface area (Å²) < 4.78 is 4.60. The number of allylic oxidation sites excluding steroid dienone is 1. The van der Waals surface area contributed by atoms with Crippen LogP contribution in [0.5, 0.6) is 0 Å². The second-order valence-electron chi connectivity index (χ2n) is 2.72. The molecule has 0 saturated carbocycles. The van der Waals surface area contributed by atoms with Gasteiger partial charge in [0.15, 0.2) is 0 Å². The molecular weight excluding hydrogens is 168 g/mol. The first kappa shape index (κ1) is 11.9. The molecule has 1 unspecified atom stereocenters. The molecule has 3 nitrogen and oxygen atoms in total. The normalized spacial score (nSPS) is 11.8. The van der Waals surface area contributed by atoms with Crippen LogP contribution in [0.3, 0.4) is 0 Å². The van der Waals surface area contributed by atoms with Crippen molar-refractivity contribution in [1.82, 2.24) is 0 Å². The van der Waals surface area contributed by atoms with E-state index in [9.17, 15) is 9.59 Å². The number of Topliss-reactive ketones (excluding diaryl/α,β-unsaturated/α-hetero) is 1. The summed E-state index contributed by atoms with van der Waals surface area (Å²) in [5, 5.41) is 0. The van der Waals surface area contributed by atoms with E-state index in [0.717, 1.165) is 6.42 Å². The number of carbonyl (C=O) groups is 2. The zero-order valence-corrected chi connectivity index (χ0v) is 8.21. The van der Waals surface area contributed by atoms with Gasteiger partial charge in [-0.15, -0.1) is 6.58 Å². The first-order valence-corrected chi connectivity index (χ1v) is 4.50. The highest BCUT2D eigenvalue weighted by molar-refractivity contribution is 6.34. The monoisotopic (exact) mass is 184 g/mol. The lowest BCUT2D eigenvalue weighted by molar-refractivity contribution is -0.154. The minimum atomic E-state index is -0.749. The van der Waals surface area contributed by atoms with E-state index in [1.165, 1.54) is 6.08 Å². The summed E-state index contributed by atoms with van der Waals surface area (Å²) in [6.07, 6.45) is 3.01. The van der Waals surface area contributed by atoms with E-state index in [0.29, 0.717) is 6.42 Å². The Morgan fingerprint density at radius 3 is 2.46 bits per heavy atom. The van der Waals surface area contributed by atoms with Crippen LogP contribution in [-0.4, -0.2) is 18.4 Å². The number of hydrogen-bond acceptors (Lipinski definition) is 3. The maximum absolute atomic E-state index is 11.3. The van der Waals surface area contributed by atoms with Gasteiger partial charge in [0.1, 0.15) is 0 Å². The van der Waals surface area contributed by atoms with Crippen molar-refractivity contribution in [3.8, 4) is 0 Å². The summed E-state index contributed by atoms with van der Waals surface area (Å²) in [4.78, 5) is 22.3. The number of ketones is 1. The molecule has 0 aromatic heterocycles. The van der Waals surface area contributed by atoms with E-state index >= 15 is 0 Å². The maximum Gasteiger partial charge on any atom is 0.375 e. The summed E-state index contributed by atoms with van der Waals surface area (Å²) in [6, 6.07) is 0. The summed E-state index contributed by atoms with van der Waals surface area (Å²) in [5.74, 6) is -1.62. The average molecular weight is 184 g/mol. The third-order valence-corrected chi connectivity index (χ3v) is 1.70. The van der Waals surface area contributed by atoms with Crippen molar-refractivity contribution in [2.45, 2.75) is 26.7 Å². The Labute approximate surface area is 78.8 Å². The standard InChI is InChI=1S/C10H16O3/c1-4-7-8(5-2)9(11)10(12)13-6-3/h5,8H,2,4,6-7H2,1,3H3. The molecule has 0 spiro atoms. The van der Waals surface area contributed by atoms with Gasteiger partial charge in [0.25, 0.3) is 0 Å². The summed E-state index contributed by atoms with van der Waals surface area (Å²) in [7, 11) is 0. The predicted molar refractivity (Wildman–Crippen MR) is 50.2 cm³/mol. The van der Waals surface area contributed by atoms with Crippen LogP contribution in [0, 0.1) is 5.92 Å². The second-order valence-corrected chi connectivity index (χ2v) is 2.72. The SMILES string of the molecule is C=CC(CCC)C(=O)C(=O)OCC. The molecule has 0 fully saturated rings. The lowest BCUT2D eigenvalue weighted by Crippen LogP contribution is -2.24. The third kappa shape index (κ3) is 3.87. The molecule has 0 heterocycles. The van der Waals surface area contributed by atoms with Crippen molar-refractivity contribution in [2.75, 3.05) is 6.61 Å². The minimum Gasteiger partial charge on any atom is -0.460 e. The van der Waals surface area contributed by atoms with Crippen LogP contribution < -0.4 is 0 Å². The fourth-order valence-electron chi connectivity index (χ4n) is 1.02. The first-order valence-electron chi connectivity index (χ1n) is 4.50. The van der Waals surface area contributed by atoms with Crippen molar-refractivity contribution in [3.63, 3.8) is 0 Å². The Morgan fingerprint density at radius 1 is 1.46 bits per heavy atom. The van der Waals surface area contributed by atoms with Crippen LogP contribution in [0.4, 0.5) is 0 Å². The molecule has 13 heavy (non-hydrogen) atoms. The molecule has 0 saturated heterocycles. The van der Waals surface area contributed by atoms with Gasteiger partial charge in [-0.05, 0) is 13.3 Å². The van der Waals surface area contributed by atoms with Crippen LogP contribution in [0.15, 0.2) is 12.7 Å². The highest BCUT2D eigenvalue weighted by atomic mass is 16.5. The molecule has 0 N–H and O–H groups in total. The van der Waals surface area contributed by atoms with E-state index < -0.39 is 11.8 Å². The largest absolute Gasteiger partial charge is 0.460 e. The van der Waals surface area contributed by atoms with Gasteiger partial charge in [0.05, 0.1) is 6.61 Å². The fraction of sp³-hybridized carbons (Fsp3) is 0.600. The first-order chi connectivity index (χ1) is 6.17. The fourth-order valence-corrected chi connectivity index (χ4v) is 1.02. The Bertz CT molecular complexity index is 196. The molecule has 0 aliphatic rings. The summed E-state index contributed by atoms with van der Waals surface area (Å²) >= 11 is 0. The molecule has 0 rings (SSSR count). The number of rotatable bonds is 6. The zero-order valence-electron chi connectivity index (χ0n) is 8.21. The van der Waals surface area contributed by atoms with Gasteiger partial charge in [-0.1, -0.05) is 19.4 Å². The van der Waals surface area contributed by atoms with Crippen LogP contribution >= 0.6 is 0 Å². The van der Waals surface area contributed by atoms with Gasteiger partial charge >= 0.3 is 5.97 Å². The number of ether oxygens (including phenoxy) is 1. The van der Waals surface area contributed by atoms with E-state index in [4.69, 9.17) is 0 Å². The van der Waals surface area contributed by atoms with Gasteiger partial charge in [0, 0.05) is 5.92 Å².